The van der Waals surface area contributed by atoms with E-state index in [-0.39, 0.29) is 12.1 Å². The normalized spacial score (nSPS) is 22.4. The van der Waals surface area contributed by atoms with E-state index in [9.17, 15) is 4.79 Å². The number of ether oxygens (including phenoxy) is 1. The van der Waals surface area contributed by atoms with Crippen molar-refractivity contribution in [1.29, 1.82) is 0 Å². The number of rotatable bonds is 2. The van der Waals surface area contributed by atoms with E-state index in [1.165, 1.54) is 0 Å². The van der Waals surface area contributed by atoms with Gasteiger partial charge in [0.05, 0.1) is 16.7 Å². The molecule has 8 nitrogen and oxygen atoms in total. The maximum atomic E-state index is 12.5. The molecular weight excluding hydrogens is 455 g/mol. The molecular formula is C24H34BClN4O4. The predicted octanol–water partition coefficient (Wildman–Crippen LogP) is 4.03. The fourth-order valence-electron chi connectivity index (χ4n) is 4.22. The lowest BCUT2D eigenvalue weighted by atomic mass is 9.78. The molecule has 1 aromatic carbocycles. The molecule has 10 heteroatoms. The van der Waals surface area contributed by atoms with Crippen molar-refractivity contribution >= 4 is 47.0 Å². The minimum atomic E-state index is -0.573. The third-order valence-electron chi connectivity index (χ3n) is 6.79. The highest BCUT2D eigenvalue weighted by Crippen LogP contribution is 2.37. The number of amides is 1. The summed E-state index contributed by atoms with van der Waals surface area (Å²) in [5.41, 5.74) is 0.0685. The topological polar surface area (TPSA) is 77.0 Å². The molecule has 34 heavy (non-hydrogen) atoms. The molecule has 0 spiro atoms. The van der Waals surface area contributed by atoms with Crippen molar-refractivity contribution in [1.82, 2.24) is 14.9 Å². The highest BCUT2D eigenvalue weighted by molar-refractivity contribution is 6.66. The van der Waals surface area contributed by atoms with Crippen LogP contribution < -0.4 is 10.4 Å². The van der Waals surface area contributed by atoms with Crippen molar-refractivity contribution in [2.24, 2.45) is 0 Å². The molecule has 1 unspecified atom stereocenters. The number of halogens is 1. The Hall–Kier alpha value is -2.10. The third kappa shape index (κ3) is 4.70. The first-order valence-electron chi connectivity index (χ1n) is 11.7. The highest BCUT2D eigenvalue weighted by Gasteiger charge is 2.52. The molecule has 1 atom stereocenters. The van der Waals surface area contributed by atoms with E-state index >= 15 is 0 Å². The molecule has 0 saturated carbocycles. The fourth-order valence-corrected chi connectivity index (χ4v) is 4.48. The Morgan fingerprint density at radius 3 is 2.38 bits per heavy atom. The molecule has 0 N–H and O–H groups in total. The Bertz CT molecular complexity index is 1090. The first-order valence-corrected chi connectivity index (χ1v) is 12.1. The average Bonchev–Trinajstić information content (AvgIpc) is 2.93. The molecule has 0 bridgehead atoms. The van der Waals surface area contributed by atoms with Crippen LogP contribution in [0.4, 0.5) is 10.6 Å². The smallest absolute Gasteiger partial charge is 0.444 e. The number of benzene rings is 1. The summed E-state index contributed by atoms with van der Waals surface area (Å²) < 4.78 is 17.9. The molecule has 3 heterocycles. The summed E-state index contributed by atoms with van der Waals surface area (Å²) in [6, 6.07) is 3.85. The number of aromatic nitrogens is 2. The van der Waals surface area contributed by atoms with E-state index in [1.807, 2.05) is 60.6 Å². The van der Waals surface area contributed by atoms with Crippen LogP contribution in [0.3, 0.4) is 0 Å². The molecule has 2 aromatic rings. The summed E-state index contributed by atoms with van der Waals surface area (Å²) in [6.45, 7) is 17.5. The Balaban J connectivity index is 1.59. The van der Waals surface area contributed by atoms with Crippen molar-refractivity contribution in [2.75, 3.05) is 24.5 Å². The van der Waals surface area contributed by atoms with Gasteiger partial charge in [-0.15, -0.1) is 0 Å². The zero-order valence-electron chi connectivity index (χ0n) is 21.3. The molecule has 2 fully saturated rings. The number of fused-ring (bicyclic) bond motifs is 1. The number of piperazine rings is 1. The summed E-state index contributed by atoms with van der Waals surface area (Å²) in [6.07, 6.45) is 1.27. The Labute approximate surface area is 207 Å². The van der Waals surface area contributed by atoms with Crippen LogP contribution in [0.5, 0.6) is 0 Å². The number of hydrogen-bond acceptors (Lipinski definition) is 7. The number of carbonyl (C=O) groups excluding carboxylic acids is 1. The second-order valence-corrected chi connectivity index (χ2v) is 11.6. The molecule has 1 amide bonds. The molecule has 184 valence electrons. The Kier molecular flexibility index (Phi) is 6.28. The van der Waals surface area contributed by atoms with E-state index < -0.39 is 23.9 Å². The SMILES string of the molecule is CC1CN(C(=O)OC(C)(C)C)CCN1c1ncnc2cc(B3OC(C)(C)C(C)(C)O3)c(Cl)cc12. The minimum absolute atomic E-state index is 0.0425. The number of carbonyl (C=O) groups is 1. The van der Waals surface area contributed by atoms with Crippen LogP contribution >= 0.6 is 11.6 Å². The standard InChI is InChI=1S/C24H34BClN4O4/c1-15-13-29(21(31)32-22(2,3)4)9-10-30(15)20-16-11-18(26)17(12-19(16)27-14-28-20)25-33-23(5,6)24(7,8)34-25/h11-12,14-15H,9-10,13H2,1-8H3. The van der Waals surface area contributed by atoms with Crippen LogP contribution in [0.25, 0.3) is 10.9 Å². The highest BCUT2D eigenvalue weighted by atomic mass is 35.5. The van der Waals surface area contributed by atoms with Gasteiger partial charge < -0.3 is 23.8 Å². The van der Waals surface area contributed by atoms with Crippen molar-refractivity contribution in [3.8, 4) is 0 Å². The lowest BCUT2D eigenvalue weighted by Gasteiger charge is -2.41. The minimum Gasteiger partial charge on any atom is -0.444 e. The first-order chi connectivity index (χ1) is 15.7. The van der Waals surface area contributed by atoms with Gasteiger partial charge in [0.2, 0.25) is 0 Å². The number of nitrogens with zero attached hydrogens (tertiary/aromatic N) is 4. The van der Waals surface area contributed by atoms with Gasteiger partial charge in [-0.25, -0.2) is 14.8 Å². The van der Waals surface area contributed by atoms with E-state index in [0.29, 0.717) is 24.7 Å². The van der Waals surface area contributed by atoms with Crippen molar-refractivity contribution in [2.45, 2.75) is 78.2 Å². The van der Waals surface area contributed by atoms with Crippen LogP contribution in [0.2, 0.25) is 5.02 Å². The van der Waals surface area contributed by atoms with Gasteiger partial charge in [-0.2, -0.15) is 0 Å². The van der Waals surface area contributed by atoms with E-state index in [4.69, 9.17) is 25.6 Å². The summed E-state index contributed by atoms with van der Waals surface area (Å²) in [4.78, 5) is 25.6. The lowest BCUT2D eigenvalue weighted by Crippen LogP contribution is -2.54. The van der Waals surface area contributed by atoms with E-state index in [0.717, 1.165) is 22.2 Å². The molecule has 2 saturated heterocycles. The molecule has 2 aliphatic rings. The predicted molar refractivity (Wildman–Crippen MR) is 135 cm³/mol. The third-order valence-corrected chi connectivity index (χ3v) is 7.12. The van der Waals surface area contributed by atoms with Gasteiger partial charge in [0, 0.05) is 41.5 Å². The van der Waals surface area contributed by atoms with Gasteiger partial charge in [0.15, 0.2) is 0 Å². The van der Waals surface area contributed by atoms with Crippen molar-refractivity contribution in [3.05, 3.63) is 23.5 Å². The van der Waals surface area contributed by atoms with Crippen molar-refractivity contribution < 1.29 is 18.8 Å². The van der Waals surface area contributed by atoms with Gasteiger partial charge in [-0.1, -0.05) is 11.6 Å². The molecule has 0 aliphatic carbocycles. The Morgan fingerprint density at radius 1 is 1.15 bits per heavy atom. The van der Waals surface area contributed by atoms with Crippen LogP contribution in [-0.2, 0) is 14.0 Å². The summed E-state index contributed by atoms with van der Waals surface area (Å²) in [5.74, 6) is 0.795. The lowest BCUT2D eigenvalue weighted by molar-refractivity contribution is 0.00578. The quantitative estimate of drug-likeness (QED) is 0.591. The second-order valence-electron chi connectivity index (χ2n) is 11.1. The molecule has 1 aromatic heterocycles. The number of hydrogen-bond donors (Lipinski definition) is 0. The molecule has 2 aliphatic heterocycles. The van der Waals surface area contributed by atoms with Gasteiger partial charge in [0.1, 0.15) is 17.7 Å². The largest absolute Gasteiger partial charge is 0.496 e. The second kappa shape index (κ2) is 8.54. The van der Waals surface area contributed by atoms with Crippen molar-refractivity contribution in [3.63, 3.8) is 0 Å². The maximum absolute atomic E-state index is 12.5. The number of anilines is 1. The zero-order chi connectivity index (χ0) is 25.1. The van der Waals surface area contributed by atoms with Gasteiger partial charge >= 0.3 is 13.2 Å². The molecule has 4 rings (SSSR count). The van der Waals surface area contributed by atoms with Crippen LogP contribution in [0, 0.1) is 0 Å². The zero-order valence-corrected chi connectivity index (χ0v) is 22.1. The summed E-state index contributed by atoms with van der Waals surface area (Å²) in [7, 11) is -0.573. The summed E-state index contributed by atoms with van der Waals surface area (Å²) >= 11 is 6.74. The van der Waals surface area contributed by atoms with Gasteiger partial charge in [-0.05, 0) is 67.5 Å². The van der Waals surface area contributed by atoms with Crippen LogP contribution in [-0.4, -0.2) is 70.6 Å². The Morgan fingerprint density at radius 2 is 1.79 bits per heavy atom. The van der Waals surface area contributed by atoms with Gasteiger partial charge in [-0.3, -0.25) is 0 Å². The van der Waals surface area contributed by atoms with Crippen LogP contribution in [0.1, 0.15) is 55.4 Å². The van der Waals surface area contributed by atoms with Gasteiger partial charge in [0.25, 0.3) is 0 Å². The monoisotopic (exact) mass is 488 g/mol. The fraction of sp³-hybridized carbons (Fsp3) is 0.625. The van der Waals surface area contributed by atoms with E-state index in [2.05, 4.69) is 21.8 Å². The van der Waals surface area contributed by atoms with E-state index in [1.54, 1.807) is 11.2 Å². The van der Waals surface area contributed by atoms with Crippen LogP contribution in [0.15, 0.2) is 18.5 Å². The summed E-state index contributed by atoms with van der Waals surface area (Å²) in [5, 5.41) is 1.40. The average molecular weight is 489 g/mol. The first kappa shape index (κ1) is 25.0. The maximum Gasteiger partial charge on any atom is 0.496 e. The molecule has 0 radical (unpaired) electrons.